The minimum atomic E-state index is 0.0834. The molecule has 4 unspecified atom stereocenters. The average Bonchev–Trinajstić information content (AvgIpc) is 2.34. The van der Waals surface area contributed by atoms with E-state index in [0.29, 0.717) is 24.5 Å². The van der Waals surface area contributed by atoms with Crippen LogP contribution in [0.25, 0.3) is 0 Å². The van der Waals surface area contributed by atoms with Crippen molar-refractivity contribution in [3.8, 4) is 0 Å². The fourth-order valence-electron chi connectivity index (χ4n) is 3.01. The van der Waals surface area contributed by atoms with Crippen molar-refractivity contribution in [3.63, 3.8) is 0 Å². The molecule has 18 heavy (non-hydrogen) atoms. The van der Waals surface area contributed by atoms with Gasteiger partial charge >= 0.3 is 0 Å². The van der Waals surface area contributed by atoms with Crippen molar-refractivity contribution in [1.29, 1.82) is 0 Å². The van der Waals surface area contributed by atoms with E-state index in [1.54, 1.807) is 0 Å². The van der Waals surface area contributed by atoms with Crippen LogP contribution in [-0.2, 0) is 4.74 Å². The Morgan fingerprint density at radius 1 is 1.33 bits per heavy atom. The molecule has 0 heterocycles. The molecule has 0 aliphatic heterocycles. The first-order chi connectivity index (χ1) is 8.58. The highest BCUT2D eigenvalue weighted by Crippen LogP contribution is 2.35. The Kier molecular flexibility index (Phi) is 7.20. The first kappa shape index (κ1) is 15.9. The molecule has 2 N–H and O–H groups in total. The van der Waals surface area contributed by atoms with Gasteiger partial charge in [-0.15, -0.1) is 0 Å². The molecule has 0 spiro atoms. The van der Waals surface area contributed by atoms with Crippen molar-refractivity contribution in [1.82, 2.24) is 5.32 Å². The number of hydrogen-bond donors (Lipinski definition) is 2. The van der Waals surface area contributed by atoms with Gasteiger partial charge in [-0.1, -0.05) is 34.1 Å². The lowest BCUT2D eigenvalue weighted by molar-refractivity contribution is -0.0498. The summed E-state index contributed by atoms with van der Waals surface area (Å²) in [7, 11) is 0. The van der Waals surface area contributed by atoms with Crippen LogP contribution in [0.5, 0.6) is 0 Å². The molecule has 0 aromatic heterocycles. The molecule has 0 saturated heterocycles. The zero-order valence-corrected chi connectivity index (χ0v) is 12.5. The molecule has 4 atom stereocenters. The summed E-state index contributed by atoms with van der Waals surface area (Å²) in [5.74, 6) is 2.15. The van der Waals surface area contributed by atoms with E-state index in [0.717, 1.165) is 12.5 Å². The Morgan fingerprint density at radius 3 is 2.61 bits per heavy atom. The number of hydrogen-bond acceptors (Lipinski definition) is 3. The topological polar surface area (TPSA) is 41.5 Å². The second-order valence-electron chi connectivity index (χ2n) is 6.14. The minimum absolute atomic E-state index is 0.0834. The van der Waals surface area contributed by atoms with Gasteiger partial charge < -0.3 is 15.2 Å². The highest BCUT2D eigenvalue weighted by atomic mass is 16.5. The number of aliphatic hydroxyl groups excluding tert-OH is 1. The van der Waals surface area contributed by atoms with E-state index in [4.69, 9.17) is 4.74 Å². The third kappa shape index (κ3) is 4.87. The van der Waals surface area contributed by atoms with Crippen LogP contribution >= 0.6 is 0 Å². The van der Waals surface area contributed by atoms with E-state index in [2.05, 4.69) is 33.0 Å². The molecule has 1 rings (SSSR count). The monoisotopic (exact) mass is 257 g/mol. The molecule has 1 fully saturated rings. The lowest BCUT2D eigenvalue weighted by atomic mass is 9.75. The summed E-state index contributed by atoms with van der Waals surface area (Å²) in [5.41, 5.74) is 0. The fraction of sp³-hybridized carbons (Fsp3) is 1.00. The smallest absolute Gasteiger partial charge is 0.0646 e. The van der Waals surface area contributed by atoms with Crippen molar-refractivity contribution in [2.24, 2.45) is 17.8 Å². The van der Waals surface area contributed by atoms with Gasteiger partial charge in [-0.3, -0.25) is 0 Å². The molecular weight excluding hydrogens is 226 g/mol. The number of aliphatic hydroxyl groups is 1. The number of ether oxygens (including phenoxy) is 1. The lowest BCUT2D eigenvalue weighted by Crippen LogP contribution is -2.41. The molecule has 3 heteroatoms. The predicted molar refractivity (Wildman–Crippen MR) is 75.6 cm³/mol. The van der Waals surface area contributed by atoms with Crippen LogP contribution in [0.15, 0.2) is 0 Å². The van der Waals surface area contributed by atoms with E-state index >= 15 is 0 Å². The van der Waals surface area contributed by atoms with Crippen LogP contribution in [0.1, 0.15) is 47.0 Å². The van der Waals surface area contributed by atoms with E-state index in [1.807, 2.05) is 0 Å². The second kappa shape index (κ2) is 8.13. The minimum Gasteiger partial charge on any atom is -0.395 e. The third-order valence-electron chi connectivity index (χ3n) is 4.19. The first-order valence-corrected chi connectivity index (χ1v) is 7.54. The Balaban J connectivity index is 2.45. The van der Waals surface area contributed by atoms with Gasteiger partial charge in [0.15, 0.2) is 0 Å². The van der Waals surface area contributed by atoms with Gasteiger partial charge in [0.1, 0.15) is 0 Å². The third-order valence-corrected chi connectivity index (χ3v) is 4.19. The number of likely N-dealkylation sites (N-methyl/N-ethyl adjacent to an activating group) is 1. The maximum absolute atomic E-state index is 9.27. The average molecular weight is 257 g/mol. The summed E-state index contributed by atoms with van der Waals surface area (Å²) in [4.78, 5) is 0. The number of rotatable bonds is 7. The molecule has 3 nitrogen and oxygen atoms in total. The van der Waals surface area contributed by atoms with Crippen LogP contribution in [-0.4, -0.2) is 37.0 Å². The highest BCUT2D eigenvalue weighted by Gasteiger charge is 2.31. The fourth-order valence-corrected chi connectivity index (χ4v) is 3.01. The maximum Gasteiger partial charge on any atom is 0.0646 e. The summed E-state index contributed by atoms with van der Waals surface area (Å²) in [6, 6.07) is 0.0834. The Bertz CT molecular complexity index is 221. The van der Waals surface area contributed by atoms with Crippen LogP contribution in [0.3, 0.4) is 0 Å². The van der Waals surface area contributed by atoms with Crippen LogP contribution in [0, 0.1) is 17.8 Å². The van der Waals surface area contributed by atoms with Gasteiger partial charge in [-0.25, -0.2) is 0 Å². The van der Waals surface area contributed by atoms with E-state index in [1.165, 1.54) is 19.3 Å². The van der Waals surface area contributed by atoms with Gasteiger partial charge in [0.2, 0.25) is 0 Å². The quantitative estimate of drug-likeness (QED) is 0.736. The summed E-state index contributed by atoms with van der Waals surface area (Å²) >= 11 is 0. The lowest BCUT2D eigenvalue weighted by Gasteiger charge is -2.37. The van der Waals surface area contributed by atoms with Gasteiger partial charge in [0.25, 0.3) is 0 Å². The normalized spacial score (nSPS) is 30.7. The van der Waals surface area contributed by atoms with E-state index in [9.17, 15) is 5.11 Å². The van der Waals surface area contributed by atoms with Crippen molar-refractivity contribution >= 4 is 0 Å². The van der Waals surface area contributed by atoms with Crippen molar-refractivity contribution in [2.45, 2.75) is 59.1 Å². The zero-order chi connectivity index (χ0) is 13.5. The Labute approximate surface area is 112 Å². The van der Waals surface area contributed by atoms with Gasteiger partial charge in [-0.2, -0.15) is 0 Å². The largest absolute Gasteiger partial charge is 0.395 e. The van der Waals surface area contributed by atoms with E-state index < -0.39 is 0 Å². The molecule has 108 valence electrons. The second-order valence-corrected chi connectivity index (χ2v) is 6.14. The molecule has 0 radical (unpaired) electrons. The molecule has 1 aliphatic carbocycles. The molecule has 1 saturated carbocycles. The first-order valence-electron chi connectivity index (χ1n) is 7.54. The Hall–Kier alpha value is -0.120. The maximum atomic E-state index is 9.27. The molecular formula is C15H31NO2. The van der Waals surface area contributed by atoms with Crippen LogP contribution in [0.4, 0.5) is 0 Å². The molecule has 0 amide bonds. The molecule has 1 aliphatic rings. The molecule has 0 aromatic carbocycles. The van der Waals surface area contributed by atoms with Gasteiger partial charge in [0.05, 0.1) is 25.4 Å². The highest BCUT2D eigenvalue weighted by molar-refractivity contribution is 4.82. The Morgan fingerprint density at radius 2 is 2.06 bits per heavy atom. The van der Waals surface area contributed by atoms with Crippen LogP contribution < -0.4 is 5.32 Å². The van der Waals surface area contributed by atoms with Gasteiger partial charge in [-0.05, 0) is 37.1 Å². The zero-order valence-electron chi connectivity index (χ0n) is 12.5. The summed E-state index contributed by atoms with van der Waals surface area (Å²) in [6.07, 6.45) is 4.17. The van der Waals surface area contributed by atoms with E-state index in [-0.39, 0.29) is 12.6 Å². The molecule has 0 bridgehead atoms. The van der Waals surface area contributed by atoms with Crippen molar-refractivity contribution in [2.75, 3.05) is 19.8 Å². The predicted octanol–water partition coefficient (Wildman–Crippen LogP) is 2.43. The summed E-state index contributed by atoms with van der Waals surface area (Å²) < 4.78 is 6.11. The van der Waals surface area contributed by atoms with Crippen LogP contribution in [0.2, 0.25) is 0 Å². The van der Waals surface area contributed by atoms with Crippen molar-refractivity contribution in [3.05, 3.63) is 0 Å². The molecule has 0 aromatic rings. The summed E-state index contributed by atoms with van der Waals surface area (Å²) in [5, 5.41) is 12.5. The van der Waals surface area contributed by atoms with Crippen molar-refractivity contribution < 1.29 is 9.84 Å². The SMILES string of the molecule is CCNC(CO)COC1CC(C)CCC1C(C)C. The van der Waals surface area contributed by atoms with Gasteiger partial charge in [0, 0.05) is 0 Å². The number of nitrogens with one attached hydrogen (secondary N) is 1. The standard InChI is InChI=1S/C15H31NO2/c1-5-16-13(9-17)10-18-15-8-12(4)6-7-14(15)11(2)3/h11-17H,5-10H2,1-4H3. The summed E-state index contributed by atoms with van der Waals surface area (Å²) in [6.45, 7) is 10.6.